The number of benzene rings is 2. The van der Waals surface area contributed by atoms with Crippen LogP contribution in [0.1, 0.15) is 17.4 Å². The zero-order chi connectivity index (χ0) is 22.4. The molecule has 31 heavy (non-hydrogen) atoms. The zero-order valence-electron chi connectivity index (χ0n) is 17.3. The number of amides is 1. The largest absolute Gasteiger partial charge is 0.495 e. The molecule has 0 spiro atoms. The summed E-state index contributed by atoms with van der Waals surface area (Å²) in [5.74, 6) is 0.633. The Morgan fingerprint density at radius 3 is 2.81 bits per heavy atom. The lowest BCUT2D eigenvalue weighted by Gasteiger charge is -2.15. The van der Waals surface area contributed by atoms with Crippen molar-refractivity contribution in [3.05, 3.63) is 60.4 Å². The molecule has 8 heteroatoms. The third-order valence-corrected chi connectivity index (χ3v) is 4.54. The number of ether oxygens (including phenoxy) is 1. The number of methoxy groups -OCH3 is 1. The average molecular weight is 417 g/mol. The Kier molecular flexibility index (Phi) is 6.80. The second kappa shape index (κ2) is 9.69. The highest BCUT2D eigenvalue weighted by molar-refractivity contribution is 5.99. The van der Waals surface area contributed by atoms with E-state index in [1.165, 1.54) is 12.3 Å². The van der Waals surface area contributed by atoms with Gasteiger partial charge in [0.25, 0.3) is 5.91 Å². The predicted molar refractivity (Wildman–Crippen MR) is 119 cm³/mol. The third kappa shape index (κ3) is 5.15. The van der Waals surface area contributed by atoms with Crippen LogP contribution >= 0.6 is 0 Å². The number of rotatable bonds is 8. The topological polar surface area (TPSA) is 120 Å². The van der Waals surface area contributed by atoms with Crippen LogP contribution in [0.2, 0.25) is 0 Å². The van der Waals surface area contributed by atoms with Crippen molar-refractivity contribution in [2.75, 3.05) is 25.5 Å². The van der Waals surface area contributed by atoms with E-state index < -0.39 is 6.10 Å². The van der Waals surface area contributed by atoms with E-state index in [0.717, 1.165) is 16.5 Å². The minimum atomic E-state index is -0.649. The van der Waals surface area contributed by atoms with Gasteiger partial charge >= 0.3 is 0 Å². The van der Waals surface area contributed by atoms with E-state index in [2.05, 4.69) is 27.2 Å². The first-order valence-electron chi connectivity index (χ1n) is 9.65. The van der Waals surface area contributed by atoms with Gasteiger partial charge < -0.3 is 20.5 Å². The number of carbonyl (C=O) groups excluding carboxylic acids is 1. The van der Waals surface area contributed by atoms with Crippen molar-refractivity contribution >= 4 is 22.4 Å². The van der Waals surface area contributed by atoms with Gasteiger partial charge in [0, 0.05) is 35.8 Å². The molecule has 1 heterocycles. The Hall–Kier alpha value is -3.96. The van der Waals surface area contributed by atoms with Gasteiger partial charge in [-0.1, -0.05) is 24.8 Å². The van der Waals surface area contributed by atoms with Crippen molar-refractivity contribution in [2.24, 2.45) is 0 Å². The molecular formula is C23H23N5O3. The first-order chi connectivity index (χ1) is 14.9. The monoisotopic (exact) mass is 417 g/mol. The van der Waals surface area contributed by atoms with Crippen molar-refractivity contribution in [3.8, 4) is 23.2 Å². The summed E-state index contributed by atoms with van der Waals surface area (Å²) < 4.78 is 5.48. The highest BCUT2D eigenvalue weighted by atomic mass is 16.5. The Bertz CT molecular complexity index is 1170. The van der Waals surface area contributed by atoms with Crippen LogP contribution in [0.3, 0.4) is 0 Å². The van der Waals surface area contributed by atoms with E-state index in [-0.39, 0.29) is 24.7 Å². The van der Waals surface area contributed by atoms with Crippen LogP contribution in [-0.4, -0.2) is 47.3 Å². The Morgan fingerprint density at radius 1 is 1.32 bits per heavy atom. The molecule has 1 amide bonds. The van der Waals surface area contributed by atoms with Crippen LogP contribution in [0.5, 0.6) is 5.75 Å². The molecule has 0 saturated carbocycles. The smallest absolute Gasteiger partial charge is 0.270 e. The van der Waals surface area contributed by atoms with Gasteiger partial charge in [0.15, 0.2) is 5.82 Å². The number of hydrogen-bond donors (Lipinski definition) is 3. The Labute approximate surface area is 180 Å². The van der Waals surface area contributed by atoms with Crippen molar-refractivity contribution in [1.82, 2.24) is 15.3 Å². The van der Waals surface area contributed by atoms with Crippen LogP contribution in [0.4, 0.5) is 5.69 Å². The Balaban J connectivity index is 2.00. The van der Waals surface area contributed by atoms with Gasteiger partial charge in [0.1, 0.15) is 11.4 Å². The standard InChI is InChI=1S/C23H23N5O3/c1-14(11-24)12-26-21-18-10-17(5-4-16(18)6-7-20(21)31-3)22-25-9-8-19(28-22)23(30)27-13-15(2)29/h4-10,15,26,29H,1,12-13H2,2-3H3,(H,27,30). The quantitative estimate of drug-likeness (QED) is 0.482. The molecular weight excluding hydrogens is 394 g/mol. The number of carbonyl (C=O) groups is 1. The summed E-state index contributed by atoms with van der Waals surface area (Å²) in [6.07, 6.45) is 0.870. The molecule has 3 rings (SSSR count). The summed E-state index contributed by atoms with van der Waals surface area (Å²) >= 11 is 0. The number of nitriles is 1. The first-order valence-corrected chi connectivity index (χ1v) is 9.65. The number of hydrogen-bond acceptors (Lipinski definition) is 7. The maximum absolute atomic E-state index is 12.3. The third-order valence-electron chi connectivity index (χ3n) is 4.54. The average Bonchev–Trinajstić information content (AvgIpc) is 2.80. The van der Waals surface area contributed by atoms with Crippen LogP contribution in [0.15, 0.2) is 54.7 Å². The number of aromatic nitrogens is 2. The number of aliphatic hydroxyl groups is 1. The highest BCUT2D eigenvalue weighted by Gasteiger charge is 2.13. The second-order valence-corrected chi connectivity index (χ2v) is 6.97. The van der Waals surface area contributed by atoms with Crippen LogP contribution in [-0.2, 0) is 0 Å². The van der Waals surface area contributed by atoms with Gasteiger partial charge in [0.05, 0.1) is 25.0 Å². The number of aliphatic hydroxyl groups excluding tert-OH is 1. The van der Waals surface area contributed by atoms with Crippen molar-refractivity contribution in [2.45, 2.75) is 13.0 Å². The summed E-state index contributed by atoms with van der Waals surface area (Å²) in [6, 6.07) is 13.0. The van der Waals surface area contributed by atoms with Gasteiger partial charge in [-0.2, -0.15) is 5.26 Å². The highest BCUT2D eigenvalue weighted by Crippen LogP contribution is 2.35. The van der Waals surface area contributed by atoms with Crippen LogP contribution in [0, 0.1) is 11.3 Å². The van der Waals surface area contributed by atoms with Gasteiger partial charge in [-0.3, -0.25) is 4.79 Å². The van der Waals surface area contributed by atoms with Gasteiger partial charge in [-0.05, 0) is 30.5 Å². The molecule has 0 aliphatic rings. The van der Waals surface area contributed by atoms with Crippen LogP contribution < -0.4 is 15.4 Å². The number of nitrogens with one attached hydrogen (secondary N) is 2. The maximum Gasteiger partial charge on any atom is 0.270 e. The lowest BCUT2D eigenvalue weighted by molar-refractivity contribution is 0.0919. The summed E-state index contributed by atoms with van der Waals surface area (Å²) in [4.78, 5) is 21.0. The molecule has 1 atom stereocenters. The minimum Gasteiger partial charge on any atom is -0.495 e. The molecule has 158 valence electrons. The van der Waals surface area contributed by atoms with E-state index >= 15 is 0 Å². The fourth-order valence-electron chi connectivity index (χ4n) is 2.98. The summed E-state index contributed by atoms with van der Waals surface area (Å²) in [5, 5.41) is 26.0. The van der Waals surface area contributed by atoms with Crippen molar-refractivity contribution in [1.29, 1.82) is 5.26 Å². The molecule has 3 N–H and O–H groups in total. The lowest BCUT2D eigenvalue weighted by Crippen LogP contribution is -2.31. The fraction of sp³-hybridized carbons (Fsp3) is 0.217. The van der Waals surface area contributed by atoms with Crippen molar-refractivity contribution < 1.29 is 14.6 Å². The molecule has 1 aromatic heterocycles. The summed E-state index contributed by atoms with van der Waals surface area (Å²) in [5.41, 5.74) is 2.05. The van der Waals surface area contributed by atoms with E-state index in [4.69, 9.17) is 10.00 Å². The van der Waals surface area contributed by atoms with Crippen LogP contribution in [0.25, 0.3) is 22.2 Å². The molecule has 0 aliphatic heterocycles. The number of fused-ring (bicyclic) bond motifs is 1. The molecule has 8 nitrogen and oxygen atoms in total. The van der Waals surface area contributed by atoms with E-state index in [0.29, 0.717) is 22.7 Å². The molecule has 3 aromatic rings. The summed E-state index contributed by atoms with van der Waals surface area (Å²) in [6.45, 7) is 5.71. The number of anilines is 1. The molecule has 0 radical (unpaired) electrons. The predicted octanol–water partition coefficient (Wildman–Crippen LogP) is 2.91. The molecule has 2 aromatic carbocycles. The molecule has 0 saturated heterocycles. The van der Waals surface area contributed by atoms with Gasteiger partial charge in [-0.25, -0.2) is 9.97 Å². The minimum absolute atomic E-state index is 0.136. The molecule has 1 unspecified atom stereocenters. The van der Waals surface area contributed by atoms with E-state index in [1.54, 1.807) is 14.0 Å². The number of nitrogens with zero attached hydrogens (tertiary/aromatic N) is 3. The fourth-order valence-corrected chi connectivity index (χ4v) is 2.98. The Morgan fingerprint density at radius 2 is 2.10 bits per heavy atom. The zero-order valence-corrected chi connectivity index (χ0v) is 17.3. The lowest BCUT2D eigenvalue weighted by atomic mass is 10.0. The van der Waals surface area contributed by atoms with Crippen molar-refractivity contribution in [3.63, 3.8) is 0 Å². The first kappa shape index (κ1) is 21.7. The summed E-state index contributed by atoms with van der Waals surface area (Å²) in [7, 11) is 1.58. The molecule has 0 fully saturated rings. The maximum atomic E-state index is 12.3. The molecule has 0 bridgehead atoms. The normalized spacial score (nSPS) is 11.4. The second-order valence-electron chi connectivity index (χ2n) is 6.97. The van der Waals surface area contributed by atoms with E-state index in [1.807, 2.05) is 36.4 Å². The van der Waals surface area contributed by atoms with Gasteiger partial charge in [0.2, 0.25) is 0 Å². The van der Waals surface area contributed by atoms with Gasteiger partial charge in [-0.15, -0.1) is 0 Å². The SMILES string of the molecule is C=C(C#N)CNc1c(OC)ccc2ccc(-c3nccc(C(=O)NCC(C)O)n3)cc12. The molecule has 0 aliphatic carbocycles. The van der Waals surface area contributed by atoms with E-state index in [9.17, 15) is 9.90 Å².